The van der Waals surface area contributed by atoms with E-state index in [0.717, 1.165) is 17.0 Å². The molecule has 2 heterocycles. The van der Waals surface area contributed by atoms with E-state index in [1.807, 2.05) is 6.92 Å². The van der Waals surface area contributed by atoms with Crippen molar-refractivity contribution in [2.75, 3.05) is 6.61 Å². The van der Waals surface area contributed by atoms with Crippen LogP contribution in [0.3, 0.4) is 0 Å². The van der Waals surface area contributed by atoms with Crippen molar-refractivity contribution < 1.29 is 4.74 Å². The second-order valence-corrected chi connectivity index (χ2v) is 4.63. The van der Waals surface area contributed by atoms with E-state index < -0.39 is 5.56 Å². The molecule has 0 aromatic carbocycles. The molecule has 0 saturated heterocycles. The molecule has 0 saturated carbocycles. The topological polar surface area (TPSA) is 67.9 Å². The van der Waals surface area contributed by atoms with E-state index in [0.29, 0.717) is 6.61 Å². The van der Waals surface area contributed by atoms with Gasteiger partial charge in [-0.1, -0.05) is 11.6 Å². The second-order valence-electron chi connectivity index (χ2n) is 3.31. The van der Waals surface area contributed by atoms with E-state index in [2.05, 4.69) is 15.0 Å². The maximum Gasteiger partial charge on any atom is 0.273 e. The van der Waals surface area contributed by atoms with Crippen LogP contribution in [-0.2, 0) is 6.42 Å². The molecule has 5 nitrogen and oxygen atoms in total. The van der Waals surface area contributed by atoms with Crippen molar-refractivity contribution in [3.63, 3.8) is 0 Å². The molecular weight excluding hydrogens is 262 g/mol. The summed E-state index contributed by atoms with van der Waals surface area (Å²) in [4.78, 5) is 22.7. The van der Waals surface area contributed by atoms with Crippen LogP contribution in [-0.4, -0.2) is 21.6 Å². The van der Waals surface area contributed by atoms with Crippen molar-refractivity contribution in [3.05, 3.63) is 37.8 Å². The third-order valence-corrected chi connectivity index (χ3v) is 3.51. The Hall–Kier alpha value is -1.40. The predicted octanol–water partition coefficient (Wildman–Crippen LogP) is 1.81. The number of aryl methyl sites for hydroxylation is 1. The zero-order valence-electron chi connectivity index (χ0n) is 9.07. The molecule has 0 amide bonds. The first-order valence-corrected chi connectivity index (χ1v) is 6.19. The number of nitrogens with zero attached hydrogens (tertiary/aromatic N) is 2. The summed E-state index contributed by atoms with van der Waals surface area (Å²) in [7, 11) is 0. The lowest BCUT2D eigenvalue weighted by Crippen LogP contribution is -2.11. The highest BCUT2D eigenvalue weighted by Crippen LogP contribution is 2.17. The minimum Gasteiger partial charge on any atom is -0.476 e. The minimum absolute atomic E-state index is 0.0199. The summed E-state index contributed by atoms with van der Waals surface area (Å²) in [6.45, 7) is 2.36. The fraction of sp³-hybridized carbons (Fsp3) is 0.300. The van der Waals surface area contributed by atoms with E-state index in [9.17, 15) is 4.79 Å². The lowest BCUT2D eigenvalue weighted by molar-refractivity contribution is 0.309. The van der Waals surface area contributed by atoms with Crippen LogP contribution in [0.2, 0.25) is 5.02 Å². The molecule has 0 unspecified atom stereocenters. The van der Waals surface area contributed by atoms with Crippen molar-refractivity contribution in [2.24, 2.45) is 0 Å². The molecule has 0 fully saturated rings. The standard InChI is InChI=1S/C10H10ClN3O2S/c1-6-7(17-5-14-6)2-3-16-10-8(11)9(15)12-4-13-10/h4-5H,2-3H2,1H3,(H,12,13,15). The number of hydrogen-bond acceptors (Lipinski definition) is 5. The molecule has 17 heavy (non-hydrogen) atoms. The molecule has 7 heteroatoms. The number of nitrogens with one attached hydrogen (secondary N) is 1. The lowest BCUT2D eigenvalue weighted by Gasteiger charge is -2.04. The molecule has 0 radical (unpaired) electrons. The van der Waals surface area contributed by atoms with Gasteiger partial charge >= 0.3 is 0 Å². The number of hydrogen-bond donors (Lipinski definition) is 1. The fourth-order valence-electron chi connectivity index (χ4n) is 1.27. The van der Waals surface area contributed by atoms with Crippen LogP contribution in [0.1, 0.15) is 10.6 Å². The quantitative estimate of drug-likeness (QED) is 0.921. The van der Waals surface area contributed by atoms with Gasteiger partial charge < -0.3 is 9.72 Å². The number of aromatic amines is 1. The molecule has 0 aliphatic rings. The van der Waals surface area contributed by atoms with Crippen LogP contribution in [0.15, 0.2) is 16.6 Å². The highest BCUT2D eigenvalue weighted by atomic mass is 35.5. The molecule has 0 atom stereocenters. The summed E-state index contributed by atoms with van der Waals surface area (Å²) < 4.78 is 5.36. The van der Waals surface area contributed by atoms with Gasteiger partial charge in [-0.15, -0.1) is 11.3 Å². The van der Waals surface area contributed by atoms with Crippen molar-refractivity contribution in [2.45, 2.75) is 13.3 Å². The van der Waals surface area contributed by atoms with E-state index in [-0.39, 0.29) is 10.9 Å². The normalized spacial score (nSPS) is 10.5. The average molecular weight is 272 g/mol. The van der Waals surface area contributed by atoms with Gasteiger partial charge in [0.2, 0.25) is 5.88 Å². The van der Waals surface area contributed by atoms with Crippen LogP contribution in [0.25, 0.3) is 0 Å². The van der Waals surface area contributed by atoms with Gasteiger partial charge in [-0.3, -0.25) is 4.79 Å². The molecule has 2 aromatic heterocycles. The monoisotopic (exact) mass is 271 g/mol. The maximum absolute atomic E-state index is 11.2. The van der Waals surface area contributed by atoms with Gasteiger partial charge in [0.05, 0.1) is 24.1 Å². The first-order chi connectivity index (χ1) is 8.18. The van der Waals surface area contributed by atoms with Gasteiger partial charge in [0.15, 0.2) is 5.02 Å². The molecule has 1 N–H and O–H groups in total. The predicted molar refractivity (Wildman–Crippen MR) is 65.9 cm³/mol. The summed E-state index contributed by atoms with van der Waals surface area (Å²) in [5, 5.41) is -0.0199. The van der Waals surface area contributed by atoms with Crippen LogP contribution in [0.4, 0.5) is 0 Å². The number of rotatable bonds is 4. The molecular formula is C10H10ClN3O2S. The average Bonchev–Trinajstić information content (AvgIpc) is 2.71. The van der Waals surface area contributed by atoms with Crippen LogP contribution in [0, 0.1) is 6.92 Å². The van der Waals surface area contributed by atoms with Crippen molar-refractivity contribution in [1.82, 2.24) is 15.0 Å². The van der Waals surface area contributed by atoms with Crippen molar-refractivity contribution in [1.29, 1.82) is 0 Å². The lowest BCUT2D eigenvalue weighted by atomic mass is 10.3. The Bertz CT molecular complexity index is 567. The SMILES string of the molecule is Cc1ncsc1CCOc1nc[nH]c(=O)c1Cl. The summed E-state index contributed by atoms with van der Waals surface area (Å²) in [5.41, 5.74) is 2.40. The van der Waals surface area contributed by atoms with Crippen molar-refractivity contribution in [3.8, 4) is 5.88 Å². The number of thiazole rings is 1. The third-order valence-electron chi connectivity index (χ3n) is 2.18. The summed E-state index contributed by atoms with van der Waals surface area (Å²) >= 11 is 7.32. The summed E-state index contributed by atoms with van der Waals surface area (Å²) in [6.07, 6.45) is 1.99. The second kappa shape index (κ2) is 5.29. The van der Waals surface area contributed by atoms with Crippen LogP contribution < -0.4 is 10.3 Å². The first kappa shape index (κ1) is 12.1. The Labute approximate surface area is 106 Å². The Morgan fingerprint density at radius 1 is 1.53 bits per heavy atom. The summed E-state index contributed by atoms with van der Waals surface area (Å²) in [5.74, 6) is 0.164. The molecule has 2 aromatic rings. The van der Waals surface area contributed by atoms with E-state index in [1.165, 1.54) is 6.33 Å². The number of halogens is 1. The molecule has 0 bridgehead atoms. The Morgan fingerprint density at radius 3 is 3.06 bits per heavy atom. The zero-order valence-corrected chi connectivity index (χ0v) is 10.6. The molecule has 2 rings (SSSR count). The smallest absolute Gasteiger partial charge is 0.273 e. The number of ether oxygens (including phenoxy) is 1. The van der Waals surface area contributed by atoms with Crippen LogP contribution >= 0.6 is 22.9 Å². The van der Waals surface area contributed by atoms with Gasteiger partial charge in [0, 0.05) is 11.3 Å². The van der Waals surface area contributed by atoms with E-state index in [4.69, 9.17) is 16.3 Å². The molecule has 0 aliphatic carbocycles. The maximum atomic E-state index is 11.2. The number of aromatic nitrogens is 3. The molecule has 0 aliphatic heterocycles. The number of H-pyrrole nitrogens is 1. The minimum atomic E-state index is -0.398. The highest BCUT2D eigenvalue weighted by Gasteiger charge is 2.07. The Morgan fingerprint density at radius 2 is 2.35 bits per heavy atom. The molecule has 0 spiro atoms. The van der Waals surface area contributed by atoms with Gasteiger partial charge in [0.25, 0.3) is 5.56 Å². The van der Waals surface area contributed by atoms with Crippen molar-refractivity contribution >= 4 is 22.9 Å². The largest absolute Gasteiger partial charge is 0.476 e. The Balaban J connectivity index is 1.97. The molecule has 90 valence electrons. The zero-order chi connectivity index (χ0) is 12.3. The van der Waals surface area contributed by atoms with Gasteiger partial charge in [-0.2, -0.15) is 0 Å². The van der Waals surface area contributed by atoms with Gasteiger partial charge in [-0.05, 0) is 6.92 Å². The fourth-order valence-corrected chi connectivity index (χ4v) is 2.19. The van der Waals surface area contributed by atoms with E-state index in [1.54, 1.807) is 16.8 Å². The summed E-state index contributed by atoms with van der Waals surface area (Å²) in [6, 6.07) is 0. The van der Waals surface area contributed by atoms with Gasteiger partial charge in [0.1, 0.15) is 0 Å². The van der Waals surface area contributed by atoms with Gasteiger partial charge in [-0.25, -0.2) is 9.97 Å². The highest BCUT2D eigenvalue weighted by molar-refractivity contribution is 7.09. The Kier molecular flexibility index (Phi) is 3.75. The van der Waals surface area contributed by atoms with Crippen LogP contribution in [0.5, 0.6) is 5.88 Å². The first-order valence-electron chi connectivity index (χ1n) is 4.93. The van der Waals surface area contributed by atoms with E-state index >= 15 is 0 Å². The third kappa shape index (κ3) is 2.83.